The fourth-order valence-electron chi connectivity index (χ4n) is 4.41. The molecule has 0 unspecified atom stereocenters. The van der Waals surface area contributed by atoms with Crippen LogP contribution in [0, 0.1) is 0 Å². The summed E-state index contributed by atoms with van der Waals surface area (Å²) < 4.78 is 27.9. The van der Waals surface area contributed by atoms with Crippen molar-refractivity contribution in [3.8, 4) is 0 Å². The average Bonchev–Trinajstić information content (AvgIpc) is 3.44. The van der Waals surface area contributed by atoms with Crippen LogP contribution in [0.15, 0.2) is 46.7 Å². The first-order valence-corrected chi connectivity index (χ1v) is 12.2. The molecule has 1 saturated heterocycles. The molecule has 1 aromatic heterocycles. The molecule has 8 heteroatoms. The molecule has 0 radical (unpaired) electrons. The summed E-state index contributed by atoms with van der Waals surface area (Å²) in [4.78, 5) is 13.1. The van der Waals surface area contributed by atoms with E-state index >= 15 is 0 Å². The molecule has 2 aliphatic rings. The number of carbonyl (C=O) groups is 1. The Hall–Kier alpha value is -1.93. The molecule has 0 saturated carbocycles. The second kappa shape index (κ2) is 7.09. The molecule has 1 amide bonds. The van der Waals surface area contributed by atoms with Gasteiger partial charge < -0.3 is 5.32 Å². The maximum absolute atomic E-state index is 13.1. The summed E-state index contributed by atoms with van der Waals surface area (Å²) >= 11 is 6.94. The summed E-state index contributed by atoms with van der Waals surface area (Å²) in [6, 6.07) is 12.5. The van der Waals surface area contributed by atoms with E-state index in [0.717, 1.165) is 35.3 Å². The largest absolute Gasteiger partial charge is 0.324 e. The molecular weight excluding hydrogens is 428 g/mol. The Morgan fingerprint density at radius 3 is 2.66 bits per heavy atom. The van der Waals surface area contributed by atoms with Crippen molar-refractivity contribution >= 4 is 55.3 Å². The van der Waals surface area contributed by atoms with Crippen LogP contribution >= 0.6 is 22.9 Å². The molecule has 0 spiro atoms. The maximum atomic E-state index is 13.1. The molecule has 1 atom stereocenters. The molecule has 5 rings (SSSR count). The number of nitrogens with one attached hydrogen (secondary N) is 1. The Kier molecular flexibility index (Phi) is 4.66. The molecule has 3 aromatic rings. The number of hydrogen-bond donors (Lipinski definition) is 1. The molecule has 29 heavy (non-hydrogen) atoms. The minimum absolute atomic E-state index is 0.174. The Balaban J connectivity index is 1.45. The summed E-state index contributed by atoms with van der Waals surface area (Å²) in [7, 11) is -3.74. The standard InChI is InChI=1S/C21H19ClN2O3S2/c22-18-10-11-19(28-18)29(26,27)24-12-2-5-17(24)21(25)23-16-9-8-14-7-6-13-3-1-4-15(16)20(13)14/h1,3-4,8-11,17H,2,5-7,12H2,(H,23,25)/t17-/m1/s1. The van der Waals surface area contributed by atoms with Crippen LogP contribution in [-0.2, 0) is 27.7 Å². The van der Waals surface area contributed by atoms with Gasteiger partial charge in [0.25, 0.3) is 10.0 Å². The molecule has 1 N–H and O–H groups in total. The first kappa shape index (κ1) is 19.1. The lowest BCUT2D eigenvalue weighted by Gasteiger charge is -2.23. The van der Waals surface area contributed by atoms with Gasteiger partial charge in [-0.3, -0.25) is 4.79 Å². The van der Waals surface area contributed by atoms with Crippen molar-refractivity contribution in [1.82, 2.24) is 4.31 Å². The monoisotopic (exact) mass is 446 g/mol. The molecular formula is C21H19ClN2O3S2. The number of carbonyl (C=O) groups excluding carboxylic acids is 1. The van der Waals surface area contributed by atoms with Gasteiger partial charge in [-0.05, 0) is 60.4 Å². The van der Waals surface area contributed by atoms with Gasteiger partial charge in [0, 0.05) is 17.6 Å². The number of sulfonamides is 1. The van der Waals surface area contributed by atoms with Crippen molar-refractivity contribution in [3.05, 3.63) is 57.9 Å². The van der Waals surface area contributed by atoms with E-state index in [1.807, 2.05) is 18.2 Å². The second-order valence-electron chi connectivity index (χ2n) is 7.43. The van der Waals surface area contributed by atoms with Gasteiger partial charge in [0.1, 0.15) is 10.3 Å². The highest BCUT2D eigenvalue weighted by Gasteiger charge is 2.40. The van der Waals surface area contributed by atoms with E-state index in [1.54, 1.807) is 6.07 Å². The van der Waals surface area contributed by atoms with Crippen LogP contribution in [0.2, 0.25) is 4.34 Å². The van der Waals surface area contributed by atoms with Gasteiger partial charge in [-0.2, -0.15) is 4.31 Å². The van der Waals surface area contributed by atoms with Crippen LogP contribution in [0.1, 0.15) is 24.0 Å². The van der Waals surface area contributed by atoms with Crippen molar-refractivity contribution in [2.75, 3.05) is 11.9 Å². The van der Waals surface area contributed by atoms with Crippen LogP contribution in [0.4, 0.5) is 5.69 Å². The summed E-state index contributed by atoms with van der Waals surface area (Å²) in [6.07, 6.45) is 3.19. The van der Waals surface area contributed by atoms with Gasteiger partial charge in [0.05, 0.1) is 4.34 Å². The highest BCUT2D eigenvalue weighted by molar-refractivity contribution is 7.91. The summed E-state index contributed by atoms with van der Waals surface area (Å²) in [5.41, 5.74) is 3.34. The smallest absolute Gasteiger partial charge is 0.253 e. The fraction of sp³-hybridized carbons (Fsp3) is 0.286. The van der Waals surface area contributed by atoms with Gasteiger partial charge in [-0.15, -0.1) is 11.3 Å². The molecule has 1 aliphatic heterocycles. The Labute approximate surface area is 178 Å². The molecule has 2 heterocycles. The van der Waals surface area contributed by atoms with Crippen LogP contribution in [0.3, 0.4) is 0 Å². The highest BCUT2D eigenvalue weighted by Crippen LogP contribution is 2.36. The zero-order valence-electron chi connectivity index (χ0n) is 15.5. The number of anilines is 1. The molecule has 1 aliphatic carbocycles. The van der Waals surface area contributed by atoms with Crippen molar-refractivity contribution in [3.63, 3.8) is 0 Å². The van der Waals surface area contributed by atoms with E-state index in [9.17, 15) is 13.2 Å². The second-order valence-corrected chi connectivity index (χ2v) is 11.3. The van der Waals surface area contributed by atoms with Gasteiger partial charge in [0.2, 0.25) is 5.91 Å². The van der Waals surface area contributed by atoms with Gasteiger partial charge >= 0.3 is 0 Å². The van der Waals surface area contributed by atoms with E-state index in [-0.39, 0.29) is 10.1 Å². The quantitative estimate of drug-likeness (QED) is 0.644. The fourth-order valence-corrected chi connectivity index (χ4v) is 7.68. The van der Waals surface area contributed by atoms with E-state index < -0.39 is 16.1 Å². The van der Waals surface area contributed by atoms with Crippen molar-refractivity contribution in [1.29, 1.82) is 0 Å². The number of benzene rings is 2. The minimum atomic E-state index is -3.74. The lowest BCUT2D eigenvalue weighted by molar-refractivity contribution is -0.119. The maximum Gasteiger partial charge on any atom is 0.253 e. The number of thiophene rings is 1. The number of hydrogen-bond acceptors (Lipinski definition) is 4. The van der Waals surface area contributed by atoms with Gasteiger partial charge in [-0.25, -0.2) is 8.42 Å². The number of aryl methyl sites for hydroxylation is 2. The Morgan fingerprint density at radius 1 is 1.10 bits per heavy atom. The predicted molar refractivity (Wildman–Crippen MR) is 116 cm³/mol. The topological polar surface area (TPSA) is 66.5 Å². The molecule has 1 fully saturated rings. The van der Waals surface area contributed by atoms with Gasteiger partial charge in [0.15, 0.2) is 0 Å². The van der Waals surface area contributed by atoms with Crippen molar-refractivity contribution < 1.29 is 13.2 Å². The van der Waals surface area contributed by atoms with E-state index in [1.165, 1.54) is 26.9 Å². The highest BCUT2D eigenvalue weighted by atomic mass is 35.5. The van der Waals surface area contributed by atoms with Crippen LogP contribution < -0.4 is 5.32 Å². The average molecular weight is 447 g/mol. The number of amides is 1. The third-order valence-corrected chi connectivity index (χ3v) is 9.36. The normalized spacial score (nSPS) is 19.1. The lowest BCUT2D eigenvalue weighted by atomic mass is 10.0. The summed E-state index contributed by atoms with van der Waals surface area (Å²) in [5.74, 6) is -0.285. The summed E-state index contributed by atoms with van der Waals surface area (Å²) in [6.45, 7) is 0.333. The first-order valence-electron chi connectivity index (χ1n) is 9.57. The van der Waals surface area contributed by atoms with Crippen LogP contribution in [0.25, 0.3) is 10.8 Å². The number of halogens is 1. The van der Waals surface area contributed by atoms with Crippen LogP contribution in [0.5, 0.6) is 0 Å². The Morgan fingerprint density at radius 2 is 1.90 bits per heavy atom. The van der Waals surface area contributed by atoms with Crippen molar-refractivity contribution in [2.45, 2.75) is 35.9 Å². The third-order valence-electron chi connectivity index (χ3n) is 5.75. The predicted octanol–water partition coefficient (Wildman–Crippen LogP) is 4.45. The Bertz CT molecular complexity index is 1230. The number of rotatable bonds is 4. The lowest BCUT2D eigenvalue weighted by Crippen LogP contribution is -2.42. The zero-order valence-corrected chi connectivity index (χ0v) is 17.9. The van der Waals surface area contributed by atoms with E-state index in [2.05, 4.69) is 17.4 Å². The first-order chi connectivity index (χ1) is 13.9. The third kappa shape index (κ3) is 3.17. The SMILES string of the molecule is O=C(Nc1ccc2c3c(cccc13)CC2)[C@H]1CCCN1S(=O)(=O)c1ccc(Cl)s1. The van der Waals surface area contributed by atoms with Gasteiger partial charge in [-0.1, -0.05) is 35.9 Å². The zero-order chi connectivity index (χ0) is 20.2. The number of nitrogens with zero attached hydrogens (tertiary/aromatic N) is 1. The van der Waals surface area contributed by atoms with Crippen LogP contribution in [-0.4, -0.2) is 31.2 Å². The van der Waals surface area contributed by atoms with Crippen molar-refractivity contribution in [2.24, 2.45) is 0 Å². The molecule has 2 aromatic carbocycles. The molecule has 5 nitrogen and oxygen atoms in total. The minimum Gasteiger partial charge on any atom is -0.324 e. The summed E-state index contributed by atoms with van der Waals surface area (Å²) in [5, 5.41) is 5.23. The molecule has 0 bridgehead atoms. The van der Waals surface area contributed by atoms with E-state index in [0.29, 0.717) is 23.7 Å². The van der Waals surface area contributed by atoms with E-state index in [4.69, 9.17) is 11.6 Å². The molecule has 150 valence electrons.